The number of aromatic nitrogens is 1. The Morgan fingerprint density at radius 1 is 1.11 bits per heavy atom. The first-order valence-electron chi connectivity index (χ1n) is 13.5. The number of allylic oxidation sites excluding steroid dienone is 2. The predicted octanol–water partition coefficient (Wildman–Crippen LogP) is 4.94. The van der Waals surface area contributed by atoms with Crippen LogP contribution >= 0.6 is 0 Å². The van der Waals surface area contributed by atoms with Gasteiger partial charge in [-0.2, -0.15) is 0 Å². The van der Waals surface area contributed by atoms with Gasteiger partial charge in [0, 0.05) is 31.3 Å². The van der Waals surface area contributed by atoms with Crippen LogP contribution in [0.1, 0.15) is 56.7 Å². The molecule has 3 unspecified atom stereocenters. The number of rotatable bonds is 7. The third-order valence-electron chi connectivity index (χ3n) is 8.04. The Kier molecular flexibility index (Phi) is 6.61. The Morgan fingerprint density at radius 2 is 1.89 bits per heavy atom. The molecule has 1 saturated heterocycles. The van der Waals surface area contributed by atoms with Gasteiger partial charge < -0.3 is 24.3 Å². The summed E-state index contributed by atoms with van der Waals surface area (Å²) in [5, 5.41) is 3.09. The molecule has 1 aromatic heterocycles. The number of benzene rings is 1. The van der Waals surface area contributed by atoms with E-state index in [1.165, 1.54) is 0 Å². The monoisotopic (exact) mass is 517 g/mol. The van der Waals surface area contributed by atoms with Gasteiger partial charge >= 0.3 is 0 Å². The number of anilines is 1. The second-order valence-corrected chi connectivity index (χ2v) is 10.7. The molecule has 38 heavy (non-hydrogen) atoms. The highest BCUT2D eigenvalue weighted by Crippen LogP contribution is 2.56. The van der Waals surface area contributed by atoms with Gasteiger partial charge in [0.2, 0.25) is 12.7 Å². The molecule has 4 aliphatic rings. The minimum Gasteiger partial charge on any atom is -0.496 e. The third-order valence-corrected chi connectivity index (χ3v) is 8.04. The fourth-order valence-electron chi connectivity index (χ4n) is 6.09. The lowest BCUT2D eigenvalue weighted by Crippen LogP contribution is -2.47. The molecule has 2 aliphatic heterocycles. The summed E-state index contributed by atoms with van der Waals surface area (Å²) in [5.74, 6) is 3.08. The Morgan fingerprint density at radius 3 is 2.61 bits per heavy atom. The van der Waals surface area contributed by atoms with Gasteiger partial charge in [0.15, 0.2) is 5.76 Å². The largest absolute Gasteiger partial charge is 0.496 e. The van der Waals surface area contributed by atoms with Gasteiger partial charge in [0.1, 0.15) is 17.3 Å². The van der Waals surface area contributed by atoms with E-state index in [0.29, 0.717) is 5.82 Å². The fraction of sp³-hybridized carbons (Fsp3) is 0.467. The molecule has 2 aliphatic carbocycles. The molecule has 0 bridgehead atoms. The third kappa shape index (κ3) is 4.67. The number of pyridine rings is 1. The van der Waals surface area contributed by atoms with E-state index in [4.69, 9.17) is 18.9 Å². The van der Waals surface area contributed by atoms with Crippen molar-refractivity contribution >= 4 is 11.7 Å². The minimum atomic E-state index is -0.467. The zero-order chi connectivity index (χ0) is 26.3. The Hall–Kier alpha value is -3.36. The number of methoxy groups -OCH3 is 1. The second kappa shape index (κ2) is 10.1. The summed E-state index contributed by atoms with van der Waals surface area (Å²) >= 11 is 0. The molecule has 1 amide bonds. The van der Waals surface area contributed by atoms with Gasteiger partial charge in [-0.3, -0.25) is 9.69 Å². The van der Waals surface area contributed by atoms with E-state index in [1.807, 2.05) is 36.5 Å². The number of hydrogen-bond acceptors (Lipinski definition) is 7. The molecule has 0 radical (unpaired) electrons. The number of nitrogens with one attached hydrogen (secondary N) is 1. The number of carbonyl (C=O) groups is 1. The van der Waals surface area contributed by atoms with Gasteiger partial charge in [-0.15, -0.1) is 0 Å². The van der Waals surface area contributed by atoms with E-state index in [2.05, 4.69) is 41.2 Å². The van der Waals surface area contributed by atoms with Crippen LogP contribution in [0.25, 0.3) is 0 Å². The normalized spacial score (nSPS) is 25.0. The highest BCUT2D eigenvalue weighted by atomic mass is 16.7. The van der Waals surface area contributed by atoms with E-state index in [-0.39, 0.29) is 30.9 Å². The zero-order valence-corrected chi connectivity index (χ0v) is 22.2. The topological polar surface area (TPSA) is 82.2 Å². The number of amides is 1. The molecular formula is C30H35N3O5. The van der Waals surface area contributed by atoms with E-state index >= 15 is 0 Å². The highest BCUT2D eigenvalue weighted by Gasteiger charge is 2.53. The summed E-state index contributed by atoms with van der Waals surface area (Å²) in [6.07, 6.45) is 7.42. The van der Waals surface area contributed by atoms with Crippen LogP contribution in [0.2, 0.25) is 0 Å². The smallest absolute Gasteiger partial charge is 0.235 e. The Labute approximate surface area is 223 Å². The van der Waals surface area contributed by atoms with Crippen molar-refractivity contribution in [1.29, 1.82) is 0 Å². The molecule has 200 valence electrons. The first-order valence-corrected chi connectivity index (χ1v) is 13.5. The van der Waals surface area contributed by atoms with E-state index in [9.17, 15) is 4.79 Å². The number of hydrogen-bond donors (Lipinski definition) is 1. The molecule has 2 aromatic rings. The average Bonchev–Trinajstić information content (AvgIpc) is 3.60. The average molecular weight is 518 g/mol. The van der Waals surface area contributed by atoms with Crippen molar-refractivity contribution in [2.75, 3.05) is 32.3 Å². The van der Waals surface area contributed by atoms with Crippen molar-refractivity contribution in [2.24, 2.45) is 5.41 Å². The molecule has 1 saturated carbocycles. The lowest BCUT2D eigenvalue weighted by molar-refractivity contribution is -0.120. The van der Waals surface area contributed by atoms with Crippen LogP contribution in [0.4, 0.5) is 5.82 Å². The van der Waals surface area contributed by atoms with Crippen LogP contribution < -0.4 is 10.1 Å². The van der Waals surface area contributed by atoms with Crippen molar-refractivity contribution in [3.05, 3.63) is 76.9 Å². The van der Waals surface area contributed by atoms with Crippen molar-refractivity contribution in [3.63, 3.8) is 0 Å². The Bertz CT molecular complexity index is 1260. The van der Waals surface area contributed by atoms with E-state index in [1.54, 1.807) is 7.11 Å². The molecule has 6 rings (SSSR count). The maximum atomic E-state index is 13.4. The molecule has 1 N–H and O–H groups in total. The minimum absolute atomic E-state index is 0.00377. The molecule has 8 heteroatoms. The van der Waals surface area contributed by atoms with Crippen molar-refractivity contribution in [2.45, 2.75) is 57.8 Å². The SMILES string of the molecule is COc1ccccc1C(c1ccc(NC(=O)C2(C3=CC4=C(CC3)OCO4)CC2)nc1)N1CC(C)OC(C)C1. The summed E-state index contributed by atoms with van der Waals surface area (Å²) in [4.78, 5) is 20.5. The van der Waals surface area contributed by atoms with E-state index in [0.717, 1.165) is 72.7 Å². The van der Waals surface area contributed by atoms with Crippen LogP contribution in [0.5, 0.6) is 5.75 Å². The molecule has 3 heterocycles. The standard InChI is InChI=1S/C30H35N3O5/c1-19-16-33(17-20(2)38-19)28(23-6-4-5-7-24(23)35-3)21-8-11-27(31-15-21)32-29(34)30(12-13-30)22-9-10-25-26(14-22)37-18-36-25/h4-8,11,14-15,19-20,28H,9-10,12-13,16-18H2,1-3H3,(H,31,32,34). The van der Waals surface area contributed by atoms with Crippen LogP contribution in [0.15, 0.2) is 65.8 Å². The first kappa shape index (κ1) is 24.9. The summed E-state index contributed by atoms with van der Waals surface area (Å²) in [6.45, 7) is 6.09. The number of morpholine rings is 1. The van der Waals surface area contributed by atoms with Gasteiger partial charge in [-0.05, 0) is 56.9 Å². The second-order valence-electron chi connectivity index (χ2n) is 10.7. The number of para-hydroxylation sites is 1. The van der Waals surface area contributed by atoms with E-state index < -0.39 is 5.41 Å². The quantitative estimate of drug-likeness (QED) is 0.557. The molecule has 8 nitrogen and oxygen atoms in total. The highest BCUT2D eigenvalue weighted by molar-refractivity contribution is 5.99. The maximum absolute atomic E-state index is 13.4. The van der Waals surface area contributed by atoms with Crippen LogP contribution in [0.3, 0.4) is 0 Å². The lowest BCUT2D eigenvalue weighted by Gasteiger charge is -2.40. The summed E-state index contributed by atoms with van der Waals surface area (Å²) in [7, 11) is 1.70. The number of ether oxygens (including phenoxy) is 4. The molecule has 2 fully saturated rings. The van der Waals surface area contributed by atoms with Gasteiger partial charge in [0.05, 0.1) is 30.8 Å². The number of nitrogens with zero attached hydrogens (tertiary/aromatic N) is 2. The van der Waals surface area contributed by atoms with Crippen molar-refractivity contribution in [1.82, 2.24) is 9.88 Å². The molecule has 1 aromatic carbocycles. The summed E-state index contributed by atoms with van der Waals surface area (Å²) in [5.41, 5.74) is 2.79. The van der Waals surface area contributed by atoms with Gasteiger partial charge in [0.25, 0.3) is 0 Å². The first-order chi connectivity index (χ1) is 18.5. The zero-order valence-electron chi connectivity index (χ0n) is 22.2. The summed E-state index contributed by atoms with van der Waals surface area (Å²) in [6, 6.07) is 12.0. The number of carbonyl (C=O) groups excluding carboxylic acids is 1. The Balaban J connectivity index is 1.23. The van der Waals surface area contributed by atoms with Crippen molar-refractivity contribution < 1.29 is 23.7 Å². The van der Waals surface area contributed by atoms with Gasteiger partial charge in [-0.25, -0.2) is 4.98 Å². The lowest BCUT2D eigenvalue weighted by atomic mass is 9.87. The fourth-order valence-corrected chi connectivity index (χ4v) is 6.09. The van der Waals surface area contributed by atoms with Gasteiger partial charge in [-0.1, -0.05) is 29.8 Å². The summed E-state index contributed by atoms with van der Waals surface area (Å²) < 4.78 is 22.8. The van der Waals surface area contributed by atoms with Crippen LogP contribution in [-0.4, -0.2) is 55.0 Å². The van der Waals surface area contributed by atoms with Crippen LogP contribution in [0, 0.1) is 5.41 Å². The predicted molar refractivity (Wildman–Crippen MR) is 142 cm³/mol. The molecule has 3 atom stereocenters. The maximum Gasteiger partial charge on any atom is 0.235 e. The van der Waals surface area contributed by atoms with Crippen LogP contribution in [-0.2, 0) is 19.0 Å². The van der Waals surface area contributed by atoms with Crippen molar-refractivity contribution in [3.8, 4) is 5.75 Å². The molecular weight excluding hydrogens is 482 g/mol. The molecule has 0 spiro atoms.